The first-order valence-corrected chi connectivity index (χ1v) is 4.98. The molecular formula is C4H12N2O3S2. The van der Waals surface area contributed by atoms with Gasteiger partial charge >= 0.3 is 0 Å². The van der Waals surface area contributed by atoms with E-state index in [2.05, 4.69) is 17.5 Å². The summed E-state index contributed by atoms with van der Waals surface area (Å²) in [5.41, 5.74) is 5.02. The van der Waals surface area contributed by atoms with Crippen molar-refractivity contribution in [1.29, 1.82) is 0 Å². The second-order valence-electron chi connectivity index (χ2n) is 1.63. The van der Waals surface area contributed by atoms with E-state index in [1.807, 2.05) is 6.92 Å². The van der Waals surface area contributed by atoms with Crippen molar-refractivity contribution < 1.29 is 13.0 Å². The first-order valence-electron chi connectivity index (χ1n) is 2.73. The van der Waals surface area contributed by atoms with Gasteiger partial charge in [0.2, 0.25) is 0 Å². The molecule has 0 aliphatic heterocycles. The van der Waals surface area contributed by atoms with Gasteiger partial charge in [-0.05, 0) is 19.1 Å². The Morgan fingerprint density at radius 2 is 2.00 bits per heavy atom. The van der Waals surface area contributed by atoms with Gasteiger partial charge in [-0.3, -0.25) is 4.55 Å². The third-order valence-electron chi connectivity index (χ3n) is 0.351. The molecule has 11 heavy (non-hydrogen) atoms. The van der Waals surface area contributed by atoms with Gasteiger partial charge in [0.15, 0.2) is 5.11 Å². The predicted octanol–water partition coefficient (Wildman–Crippen LogP) is -0.656. The maximum absolute atomic E-state index is 9.19. The molecule has 0 aromatic carbocycles. The van der Waals surface area contributed by atoms with Crippen molar-refractivity contribution in [2.45, 2.75) is 6.92 Å². The van der Waals surface area contributed by atoms with Crippen molar-refractivity contribution >= 4 is 27.4 Å². The van der Waals surface area contributed by atoms with Crippen molar-refractivity contribution in [1.82, 2.24) is 5.32 Å². The second kappa shape index (κ2) is 6.32. The van der Waals surface area contributed by atoms with Crippen LogP contribution in [0.25, 0.3) is 0 Å². The summed E-state index contributed by atoms with van der Waals surface area (Å²) in [5.74, 6) is 0. The van der Waals surface area contributed by atoms with Crippen molar-refractivity contribution in [2.24, 2.45) is 5.73 Å². The van der Waals surface area contributed by atoms with Gasteiger partial charge in [0.1, 0.15) is 0 Å². The van der Waals surface area contributed by atoms with Gasteiger partial charge in [0, 0.05) is 6.54 Å². The van der Waals surface area contributed by atoms with Crippen LogP contribution >= 0.6 is 12.2 Å². The zero-order valence-corrected chi connectivity index (χ0v) is 8.00. The molecule has 0 aromatic rings. The minimum Gasteiger partial charge on any atom is -0.376 e. The van der Waals surface area contributed by atoms with Crippen LogP contribution in [0.1, 0.15) is 6.92 Å². The monoisotopic (exact) mass is 200 g/mol. The normalized spacial score (nSPS) is 9.36. The van der Waals surface area contributed by atoms with Crippen LogP contribution in [0.2, 0.25) is 0 Å². The van der Waals surface area contributed by atoms with Crippen LogP contribution in [-0.4, -0.2) is 30.9 Å². The first kappa shape index (κ1) is 13.2. The molecule has 0 aromatic heterocycles. The van der Waals surface area contributed by atoms with E-state index in [-0.39, 0.29) is 0 Å². The fourth-order valence-corrected chi connectivity index (χ4v) is 0.319. The molecule has 0 amide bonds. The van der Waals surface area contributed by atoms with Crippen LogP contribution in [0.15, 0.2) is 0 Å². The molecule has 0 saturated carbocycles. The van der Waals surface area contributed by atoms with Crippen LogP contribution in [0.5, 0.6) is 0 Å². The van der Waals surface area contributed by atoms with Crippen LogP contribution in [0.4, 0.5) is 0 Å². The highest BCUT2D eigenvalue weighted by Gasteiger charge is 1.81. The molecule has 0 aliphatic rings. The van der Waals surface area contributed by atoms with Gasteiger partial charge in [0.05, 0.1) is 6.26 Å². The van der Waals surface area contributed by atoms with Gasteiger partial charge in [-0.15, -0.1) is 0 Å². The molecular weight excluding hydrogens is 188 g/mol. The summed E-state index contributed by atoms with van der Waals surface area (Å²) in [5, 5.41) is 3.09. The lowest BCUT2D eigenvalue weighted by atomic mass is 10.8. The molecule has 5 nitrogen and oxygen atoms in total. The molecule has 0 fully saturated rings. The molecule has 0 unspecified atom stereocenters. The zero-order chi connectivity index (χ0) is 9.49. The maximum atomic E-state index is 9.19. The summed E-state index contributed by atoms with van der Waals surface area (Å²) >= 11 is 4.46. The summed E-state index contributed by atoms with van der Waals surface area (Å²) in [4.78, 5) is 0. The van der Waals surface area contributed by atoms with E-state index >= 15 is 0 Å². The van der Waals surface area contributed by atoms with E-state index in [0.717, 1.165) is 6.54 Å². The molecule has 0 heterocycles. The lowest BCUT2D eigenvalue weighted by Gasteiger charge is -1.92. The molecule has 0 aliphatic carbocycles. The number of thiocarbonyl (C=S) groups is 1. The van der Waals surface area contributed by atoms with Crippen molar-refractivity contribution in [3.8, 4) is 0 Å². The Balaban J connectivity index is 0. The van der Waals surface area contributed by atoms with Gasteiger partial charge in [-0.2, -0.15) is 8.42 Å². The third-order valence-corrected chi connectivity index (χ3v) is 0.495. The van der Waals surface area contributed by atoms with Gasteiger partial charge < -0.3 is 11.1 Å². The van der Waals surface area contributed by atoms with Crippen molar-refractivity contribution in [2.75, 3.05) is 12.8 Å². The minimum atomic E-state index is -3.67. The van der Waals surface area contributed by atoms with Crippen LogP contribution in [-0.2, 0) is 10.1 Å². The third kappa shape index (κ3) is 82.0. The van der Waals surface area contributed by atoms with Gasteiger partial charge in [-0.25, -0.2) is 0 Å². The number of nitrogens with two attached hydrogens (primary N) is 1. The summed E-state index contributed by atoms with van der Waals surface area (Å²) in [6.45, 7) is 2.76. The molecule has 4 N–H and O–H groups in total. The van der Waals surface area contributed by atoms with Crippen LogP contribution in [0.3, 0.4) is 0 Å². The quantitative estimate of drug-likeness (QED) is 0.384. The predicted molar refractivity (Wildman–Crippen MR) is 47.9 cm³/mol. The van der Waals surface area contributed by atoms with Crippen LogP contribution < -0.4 is 11.1 Å². The fraction of sp³-hybridized carbons (Fsp3) is 0.750. The average Bonchev–Trinajstić information content (AvgIpc) is 1.58. The molecule has 0 radical (unpaired) electrons. The summed E-state index contributed by atoms with van der Waals surface area (Å²) in [7, 11) is -3.67. The molecule has 0 saturated heterocycles. The highest BCUT2D eigenvalue weighted by Crippen LogP contribution is 1.60. The summed E-state index contributed by atoms with van der Waals surface area (Å²) in [6, 6.07) is 0. The Labute approximate surface area is 71.7 Å². The Morgan fingerprint density at radius 1 is 1.73 bits per heavy atom. The topological polar surface area (TPSA) is 92.4 Å². The summed E-state index contributed by atoms with van der Waals surface area (Å²) < 4.78 is 25.9. The molecule has 0 atom stereocenters. The van der Waals surface area contributed by atoms with E-state index in [4.69, 9.17) is 10.3 Å². The smallest absolute Gasteiger partial charge is 0.261 e. The number of nitrogens with one attached hydrogen (secondary N) is 1. The van der Waals surface area contributed by atoms with E-state index in [9.17, 15) is 8.42 Å². The Hall–Kier alpha value is -0.400. The number of hydrogen-bond acceptors (Lipinski definition) is 3. The van der Waals surface area contributed by atoms with Gasteiger partial charge in [-0.1, -0.05) is 0 Å². The van der Waals surface area contributed by atoms with E-state index in [1.54, 1.807) is 0 Å². The summed E-state index contributed by atoms with van der Waals surface area (Å²) in [6.07, 6.45) is 0.715. The SMILES string of the molecule is CCNC(N)=S.CS(=O)(=O)O. The molecule has 0 rings (SSSR count). The minimum absolute atomic E-state index is 0.373. The number of rotatable bonds is 1. The lowest BCUT2D eigenvalue weighted by molar-refractivity contribution is 0.490. The Kier molecular flexibility index (Phi) is 7.59. The van der Waals surface area contributed by atoms with Crippen molar-refractivity contribution in [3.05, 3.63) is 0 Å². The van der Waals surface area contributed by atoms with E-state index in [1.165, 1.54) is 0 Å². The van der Waals surface area contributed by atoms with Gasteiger partial charge in [0.25, 0.3) is 10.1 Å². The maximum Gasteiger partial charge on any atom is 0.261 e. The lowest BCUT2D eigenvalue weighted by Crippen LogP contribution is -2.28. The van der Waals surface area contributed by atoms with E-state index in [0.29, 0.717) is 11.4 Å². The largest absolute Gasteiger partial charge is 0.376 e. The molecule has 68 valence electrons. The Bertz CT molecular complexity index is 191. The molecule has 7 heteroatoms. The van der Waals surface area contributed by atoms with E-state index < -0.39 is 10.1 Å². The number of hydrogen-bond donors (Lipinski definition) is 3. The zero-order valence-electron chi connectivity index (χ0n) is 6.36. The standard InChI is InChI=1S/C3H8N2S.CH4O3S/c1-2-5-3(4)6;1-5(2,3)4/h2H2,1H3,(H3,4,5,6);1H3,(H,2,3,4). The highest BCUT2D eigenvalue weighted by molar-refractivity contribution is 7.85. The van der Waals surface area contributed by atoms with Crippen LogP contribution in [0, 0.1) is 0 Å². The average molecular weight is 200 g/mol. The Morgan fingerprint density at radius 3 is 2.00 bits per heavy atom. The molecule has 0 bridgehead atoms. The second-order valence-corrected chi connectivity index (χ2v) is 3.53. The molecule has 0 spiro atoms. The fourth-order valence-electron chi connectivity index (χ4n) is 0.174. The highest BCUT2D eigenvalue weighted by atomic mass is 32.2. The van der Waals surface area contributed by atoms with Crippen molar-refractivity contribution in [3.63, 3.8) is 0 Å². The first-order chi connectivity index (χ1) is 4.77.